The predicted molar refractivity (Wildman–Crippen MR) is 63.2 cm³/mol. The Morgan fingerprint density at radius 3 is 2.44 bits per heavy atom. The van der Waals surface area contributed by atoms with Crippen LogP contribution >= 0.6 is 0 Å². The molecule has 0 aromatic heterocycles. The van der Waals surface area contributed by atoms with E-state index in [1.54, 1.807) is 0 Å². The molecular formula is C14H17NO. The summed E-state index contributed by atoms with van der Waals surface area (Å²) < 4.78 is 0. The van der Waals surface area contributed by atoms with Crippen molar-refractivity contribution in [1.82, 2.24) is 4.90 Å². The molecule has 0 saturated carbocycles. The minimum absolute atomic E-state index is 0.162. The van der Waals surface area contributed by atoms with Crippen LogP contribution in [0.5, 0.6) is 0 Å². The molecule has 4 rings (SSSR count). The maximum atomic E-state index is 12.1. The van der Waals surface area contributed by atoms with E-state index in [0.29, 0.717) is 11.7 Å². The van der Waals surface area contributed by atoms with Gasteiger partial charge in [0.2, 0.25) is 0 Å². The fourth-order valence-corrected chi connectivity index (χ4v) is 3.01. The minimum Gasteiger partial charge on any atom is -0.298 e. The number of hydrogen-bond donors (Lipinski definition) is 0. The third kappa shape index (κ3) is 1.67. The molecule has 0 unspecified atom stereocenters. The molecule has 0 N–H and O–H groups in total. The molecule has 1 aromatic rings. The number of nitrogens with zero attached hydrogens (tertiary/aromatic N) is 1. The number of hydrogen-bond acceptors (Lipinski definition) is 2. The molecule has 84 valence electrons. The van der Waals surface area contributed by atoms with Crippen LogP contribution in [0.25, 0.3) is 0 Å². The highest BCUT2D eigenvalue weighted by atomic mass is 16.1. The van der Waals surface area contributed by atoms with Crippen LogP contribution < -0.4 is 0 Å². The zero-order valence-corrected chi connectivity index (χ0v) is 9.43. The lowest BCUT2D eigenvalue weighted by molar-refractivity contribution is -0.136. The average molecular weight is 215 g/mol. The highest BCUT2D eigenvalue weighted by Gasteiger charge is 2.40. The first-order valence-electron chi connectivity index (χ1n) is 6.16. The third-order valence-corrected chi connectivity index (χ3v) is 3.97. The topological polar surface area (TPSA) is 20.3 Å². The third-order valence-electron chi connectivity index (χ3n) is 3.97. The van der Waals surface area contributed by atoms with Gasteiger partial charge in [-0.25, -0.2) is 0 Å². The van der Waals surface area contributed by atoms with E-state index < -0.39 is 0 Å². The van der Waals surface area contributed by atoms with E-state index in [1.165, 1.54) is 5.56 Å². The van der Waals surface area contributed by atoms with E-state index in [0.717, 1.165) is 32.4 Å². The fourth-order valence-electron chi connectivity index (χ4n) is 3.01. The van der Waals surface area contributed by atoms with Gasteiger partial charge in [0.15, 0.2) is 5.78 Å². The van der Waals surface area contributed by atoms with Crippen LogP contribution in [0, 0.1) is 5.92 Å². The van der Waals surface area contributed by atoms with Crippen molar-refractivity contribution in [1.29, 1.82) is 0 Å². The summed E-state index contributed by atoms with van der Waals surface area (Å²) in [5, 5.41) is 0. The summed E-state index contributed by atoms with van der Waals surface area (Å²) in [6, 6.07) is 10.5. The zero-order chi connectivity index (χ0) is 11.0. The summed E-state index contributed by atoms with van der Waals surface area (Å²) in [6.45, 7) is 2.24. The van der Waals surface area contributed by atoms with Gasteiger partial charge in [-0.1, -0.05) is 30.3 Å². The lowest BCUT2D eigenvalue weighted by Crippen LogP contribution is -2.56. The summed E-state index contributed by atoms with van der Waals surface area (Å²) in [5.74, 6) is 0.847. The number of piperidine rings is 3. The van der Waals surface area contributed by atoms with Crippen LogP contribution in [0.15, 0.2) is 30.3 Å². The summed E-state index contributed by atoms with van der Waals surface area (Å²) in [5.41, 5.74) is 1.29. The summed E-state index contributed by atoms with van der Waals surface area (Å²) in [6.07, 6.45) is 3.07. The van der Waals surface area contributed by atoms with Gasteiger partial charge in [-0.15, -0.1) is 0 Å². The molecule has 3 fully saturated rings. The lowest BCUT2D eigenvalue weighted by Gasteiger charge is -2.44. The maximum Gasteiger partial charge on any atom is 0.153 e. The van der Waals surface area contributed by atoms with Gasteiger partial charge in [-0.3, -0.25) is 9.69 Å². The number of benzene rings is 1. The largest absolute Gasteiger partial charge is 0.298 e. The molecule has 0 spiro atoms. The van der Waals surface area contributed by atoms with Crippen LogP contribution in [0.3, 0.4) is 0 Å². The Bertz CT molecular complexity index is 379. The molecule has 2 bridgehead atoms. The van der Waals surface area contributed by atoms with Crippen LogP contribution in [0.2, 0.25) is 0 Å². The van der Waals surface area contributed by atoms with Gasteiger partial charge in [0, 0.05) is 5.92 Å². The normalized spacial score (nSPS) is 33.0. The minimum atomic E-state index is 0.162. The molecule has 1 aromatic carbocycles. The molecular weight excluding hydrogens is 198 g/mol. The van der Waals surface area contributed by atoms with Crippen molar-refractivity contribution >= 4 is 5.78 Å². The molecule has 3 aliphatic rings. The highest BCUT2D eigenvalue weighted by molar-refractivity contribution is 5.88. The average Bonchev–Trinajstić information content (AvgIpc) is 2.36. The Labute approximate surface area is 96.3 Å². The summed E-state index contributed by atoms with van der Waals surface area (Å²) in [4.78, 5) is 14.5. The first kappa shape index (κ1) is 10.0. The Morgan fingerprint density at radius 1 is 1.12 bits per heavy atom. The van der Waals surface area contributed by atoms with E-state index in [4.69, 9.17) is 0 Å². The monoisotopic (exact) mass is 215 g/mol. The fraction of sp³-hybridized carbons (Fsp3) is 0.500. The molecule has 3 heterocycles. The van der Waals surface area contributed by atoms with Gasteiger partial charge in [0.25, 0.3) is 0 Å². The molecule has 0 radical (unpaired) electrons. The van der Waals surface area contributed by atoms with E-state index in [2.05, 4.69) is 29.2 Å². The predicted octanol–water partition coefficient (Wildman–Crippen LogP) is 1.89. The summed E-state index contributed by atoms with van der Waals surface area (Å²) in [7, 11) is 0. The Hall–Kier alpha value is -1.15. The lowest BCUT2D eigenvalue weighted by atomic mass is 9.80. The molecule has 1 atom stereocenters. The second-order valence-electron chi connectivity index (χ2n) is 4.92. The molecule has 16 heavy (non-hydrogen) atoms. The number of carbonyl (C=O) groups excluding carboxylic acids is 1. The second-order valence-corrected chi connectivity index (χ2v) is 4.92. The number of ketones is 1. The Balaban J connectivity index is 1.78. The first-order chi connectivity index (χ1) is 7.84. The van der Waals surface area contributed by atoms with E-state index in [9.17, 15) is 4.79 Å². The highest BCUT2D eigenvalue weighted by Crippen LogP contribution is 2.30. The number of fused-ring (bicyclic) bond motifs is 3. The molecule has 0 amide bonds. The molecule has 3 aliphatic heterocycles. The maximum absolute atomic E-state index is 12.1. The van der Waals surface area contributed by atoms with Gasteiger partial charge >= 0.3 is 0 Å². The van der Waals surface area contributed by atoms with Crippen molar-refractivity contribution in [2.75, 3.05) is 13.1 Å². The number of Topliss-reactive ketones (excluding diaryl/α,β-unsaturated/α-hetero) is 1. The first-order valence-corrected chi connectivity index (χ1v) is 6.16. The molecule has 0 aliphatic carbocycles. The van der Waals surface area contributed by atoms with Crippen molar-refractivity contribution in [2.24, 2.45) is 5.92 Å². The molecule has 2 heteroatoms. The number of rotatable bonds is 2. The summed E-state index contributed by atoms with van der Waals surface area (Å²) >= 11 is 0. The Morgan fingerprint density at radius 2 is 1.81 bits per heavy atom. The van der Waals surface area contributed by atoms with Crippen LogP contribution in [0.1, 0.15) is 18.4 Å². The van der Waals surface area contributed by atoms with Crippen molar-refractivity contribution in [3.8, 4) is 0 Å². The SMILES string of the molecule is O=C1C2CCN(CC2)[C@@H]1Cc1ccccc1. The van der Waals surface area contributed by atoms with Gasteiger partial charge in [-0.05, 0) is 37.9 Å². The van der Waals surface area contributed by atoms with Crippen LogP contribution in [-0.2, 0) is 11.2 Å². The Kier molecular flexibility index (Phi) is 2.52. The van der Waals surface area contributed by atoms with Crippen LogP contribution in [0.4, 0.5) is 0 Å². The van der Waals surface area contributed by atoms with Crippen molar-refractivity contribution in [3.63, 3.8) is 0 Å². The molecule has 3 saturated heterocycles. The molecule has 2 nitrogen and oxygen atoms in total. The van der Waals surface area contributed by atoms with Gasteiger partial charge in [0.1, 0.15) is 0 Å². The second kappa shape index (κ2) is 4.02. The van der Waals surface area contributed by atoms with E-state index >= 15 is 0 Å². The van der Waals surface area contributed by atoms with Crippen molar-refractivity contribution < 1.29 is 4.79 Å². The van der Waals surface area contributed by atoms with Crippen molar-refractivity contribution in [3.05, 3.63) is 35.9 Å². The quantitative estimate of drug-likeness (QED) is 0.751. The van der Waals surface area contributed by atoms with Crippen molar-refractivity contribution in [2.45, 2.75) is 25.3 Å². The van der Waals surface area contributed by atoms with Crippen LogP contribution in [-0.4, -0.2) is 29.8 Å². The smallest absolute Gasteiger partial charge is 0.153 e. The van der Waals surface area contributed by atoms with E-state index in [-0.39, 0.29) is 6.04 Å². The number of carbonyl (C=O) groups is 1. The van der Waals surface area contributed by atoms with Gasteiger partial charge in [0.05, 0.1) is 6.04 Å². The van der Waals surface area contributed by atoms with Gasteiger partial charge < -0.3 is 0 Å². The standard InChI is InChI=1S/C14H17NO/c16-14-12-6-8-15(9-7-12)13(14)10-11-4-2-1-3-5-11/h1-5,12-13H,6-10H2/t13-/m1/s1. The van der Waals surface area contributed by atoms with Gasteiger partial charge in [-0.2, -0.15) is 0 Å². The zero-order valence-electron chi connectivity index (χ0n) is 9.43. The van der Waals surface area contributed by atoms with E-state index in [1.807, 2.05) is 6.07 Å².